The molecule has 16 heavy (non-hydrogen) atoms. The lowest BCUT2D eigenvalue weighted by Gasteiger charge is -2.08. The minimum atomic E-state index is 0.222. The van der Waals surface area contributed by atoms with E-state index in [1.807, 2.05) is 0 Å². The molecule has 0 fully saturated rings. The van der Waals surface area contributed by atoms with E-state index in [0.29, 0.717) is 25.3 Å². The van der Waals surface area contributed by atoms with Crippen molar-refractivity contribution in [2.24, 2.45) is 18.7 Å². The summed E-state index contributed by atoms with van der Waals surface area (Å²) in [6, 6.07) is 0. The number of hydrogen-bond acceptors (Lipinski definition) is 4. The molecule has 0 aromatic carbocycles. The molecule has 5 nitrogen and oxygen atoms in total. The van der Waals surface area contributed by atoms with E-state index in [0.717, 1.165) is 18.7 Å². The van der Waals surface area contributed by atoms with Gasteiger partial charge >= 0.3 is 0 Å². The average Bonchev–Trinajstić information content (AvgIpc) is 2.62. The van der Waals surface area contributed by atoms with Gasteiger partial charge in [0, 0.05) is 13.5 Å². The first-order valence-corrected chi connectivity index (χ1v) is 5.68. The van der Waals surface area contributed by atoms with E-state index in [4.69, 9.17) is 5.73 Å². The van der Waals surface area contributed by atoms with E-state index >= 15 is 0 Å². The van der Waals surface area contributed by atoms with Crippen LogP contribution in [0.25, 0.3) is 0 Å². The van der Waals surface area contributed by atoms with Gasteiger partial charge in [-0.05, 0) is 25.3 Å². The van der Waals surface area contributed by atoms with Gasteiger partial charge in [-0.2, -0.15) is 5.10 Å². The summed E-state index contributed by atoms with van der Waals surface area (Å²) in [4.78, 5) is 15.7. The molecule has 0 aliphatic carbocycles. The molecule has 1 atom stereocenters. The molecule has 0 amide bonds. The van der Waals surface area contributed by atoms with Gasteiger partial charge in [0.15, 0.2) is 0 Å². The van der Waals surface area contributed by atoms with Crippen molar-refractivity contribution in [1.82, 2.24) is 14.8 Å². The molecular formula is C11H20N4O. The van der Waals surface area contributed by atoms with Crippen LogP contribution in [0.5, 0.6) is 0 Å². The van der Waals surface area contributed by atoms with Gasteiger partial charge in [0.2, 0.25) is 0 Å². The number of carbonyl (C=O) groups is 1. The first-order chi connectivity index (χ1) is 7.63. The molecule has 1 heterocycles. The van der Waals surface area contributed by atoms with Crippen LogP contribution in [0.3, 0.4) is 0 Å². The Morgan fingerprint density at radius 1 is 1.56 bits per heavy atom. The summed E-state index contributed by atoms with van der Waals surface area (Å²) in [5.41, 5.74) is 5.46. The molecule has 0 radical (unpaired) electrons. The smallest absolute Gasteiger partial charge is 0.140 e. The maximum absolute atomic E-state index is 11.7. The van der Waals surface area contributed by atoms with Gasteiger partial charge in [0.1, 0.15) is 17.9 Å². The molecule has 0 bridgehead atoms. The fraction of sp³-hybridized carbons (Fsp3) is 0.727. The van der Waals surface area contributed by atoms with Crippen LogP contribution >= 0.6 is 0 Å². The topological polar surface area (TPSA) is 73.8 Å². The normalized spacial score (nSPS) is 12.7. The van der Waals surface area contributed by atoms with Gasteiger partial charge in [-0.15, -0.1) is 0 Å². The van der Waals surface area contributed by atoms with Gasteiger partial charge < -0.3 is 5.73 Å². The highest BCUT2D eigenvalue weighted by atomic mass is 16.1. The number of aryl methyl sites for hydroxylation is 1. The highest BCUT2D eigenvalue weighted by Crippen LogP contribution is 2.10. The second-order valence-electron chi connectivity index (χ2n) is 4.24. The third kappa shape index (κ3) is 4.10. The predicted molar refractivity (Wildman–Crippen MR) is 61.8 cm³/mol. The summed E-state index contributed by atoms with van der Waals surface area (Å²) in [5.74, 6) is 1.48. The summed E-state index contributed by atoms with van der Waals surface area (Å²) < 4.78 is 1.64. The lowest BCUT2D eigenvalue weighted by Crippen LogP contribution is -2.11. The molecule has 2 N–H and O–H groups in total. The summed E-state index contributed by atoms with van der Waals surface area (Å²) >= 11 is 0. The van der Waals surface area contributed by atoms with Crippen molar-refractivity contribution < 1.29 is 4.79 Å². The minimum absolute atomic E-state index is 0.222. The first kappa shape index (κ1) is 12.8. The van der Waals surface area contributed by atoms with Gasteiger partial charge in [-0.1, -0.05) is 6.92 Å². The molecule has 1 rings (SSSR count). The molecule has 0 aliphatic rings. The van der Waals surface area contributed by atoms with Crippen molar-refractivity contribution in [3.63, 3.8) is 0 Å². The minimum Gasteiger partial charge on any atom is -0.330 e. The number of hydrogen-bond donors (Lipinski definition) is 1. The molecule has 0 saturated carbocycles. The number of aromatic nitrogens is 3. The summed E-state index contributed by atoms with van der Waals surface area (Å²) in [5, 5.41) is 3.93. The number of Topliss-reactive ketones (excluding diaryl/α,β-unsaturated/α-hetero) is 1. The maximum atomic E-state index is 11.7. The van der Waals surface area contributed by atoms with Crippen LogP contribution in [0.1, 0.15) is 32.0 Å². The molecular weight excluding hydrogens is 204 g/mol. The molecule has 0 saturated heterocycles. The van der Waals surface area contributed by atoms with Crippen molar-refractivity contribution in [1.29, 1.82) is 0 Å². The van der Waals surface area contributed by atoms with Crippen molar-refractivity contribution in [2.45, 2.75) is 32.6 Å². The van der Waals surface area contributed by atoms with Crippen LogP contribution < -0.4 is 5.73 Å². The van der Waals surface area contributed by atoms with E-state index in [9.17, 15) is 4.79 Å². The van der Waals surface area contributed by atoms with E-state index < -0.39 is 0 Å². The quantitative estimate of drug-likeness (QED) is 0.739. The Morgan fingerprint density at radius 2 is 2.31 bits per heavy atom. The molecule has 5 heteroatoms. The van der Waals surface area contributed by atoms with Crippen LogP contribution in [0.2, 0.25) is 0 Å². The Kier molecular flexibility index (Phi) is 5.11. The number of ketones is 1. The highest BCUT2D eigenvalue weighted by Gasteiger charge is 2.10. The Hall–Kier alpha value is -1.23. The summed E-state index contributed by atoms with van der Waals surface area (Å²) in [7, 11) is 1.80. The number of carbonyl (C=O) groups excluding carboxylic acids is 1. The largest absolute Gasteiger partial charge is 0.330 e. The first-order valence-electron chi connectivity index (χ1n) is 5.68. The van der Waals surface area contributed by atoms with E-state index in [-0.39, 0.29) is 5.78 Å². The van der Waals surface area contributed by atoms with E-state index in [1.165, 1.54) is 6.33 Å². The number of rotatable bonds is 7. The fourth-order valence-corrected chi connectivity index (χ4v) is 1.58. The Bertz CT molecular complexity index is 334. The highest BCUT2D eigenvalue weighted by molar-refractivity contribution is 5.80. The fourth-order valence-electron chi connectivity index (χ4n) is 1.58. The Balaban J connectivity index is 2.29. The van der Waals surface area contributed by atoms with Crippen LogP contribution in [0.4, 0.5) is 0 Å². The van der Waals surface area contributed by atoms with Crippen LogP contribution in [-0.4, -0.2) is 27.1 Å². The standard InChI is InChI=1S/C11H20N4O/c1-9(5-6-12)3-4-10(16)7-11-13-8-14-15(11)2/h8-9H,3-7,12H2,1-2H3. The lowest BCUT2D eigenvalue weighted by atomic mass is 9.99. The number of nitrogens with two attached hydrogens (primary N) is 1. The maximum Gasteiger partial charge on any atom is 0.140 e. The average molecular weight is 224 g/mol. The molecule has 1 unspecified atom stereocenters. The van der Waals surface area contributed by atoms with Crippen molar-refractivity contribution in [3.05, 3.63) is 12.2 Å². The third-order valence-corrected chi connectivity index (χ3v) is 2.74. The molecule has 90 valence electrons. The lowest BCUT2D eigenvalue weighted by molar-refractivity contribution is -0.118. The second kappa shape index (κ2) is 6.37. The van der Waals surface area contributed by atoms with Gasteiger partial charge in [0.05, 0.1) is 6.42 Å². The molecule has 0 spiro atoms. The van der Waals surface area contributed by atoms with Crippen molar-refractivity contribution >= 4 is 5.78 Å². The van der Waals surface area contributed by atoms with Crippen molar-refractivity contribution in [2.75, 3.05) is 6.54 Å². The molecule has 1 aromatic rings. The zero-order chi connectivity index (χ0) is 12.0. The van der Waals surface area contributed by atoms with Crippen LogP contribution in [-0.2, 0) is 18.3 Å². The predicted octanol–water partition coefficient (Wildman–Crippen LogP) is 0.692. The Labute approximate surface area is 96.0 Å². The number of nitrogens with zero attached hydrogens (tertiary/aromatic N) is 3. The monoisotopic (exact) mass is 224 g/mol. The van der Waals surface area contributed by atoms with Crippen LogP contribution in [0, 0.1) is 5.92 Å². The second-order valence-corrected chi connectivity index (χ2v) is 4.24. The van der Waals surface area contributed by atoms with Gasteiger partial charge in [0.25, 0.3) is 0 Å². The summed E-state index contributed by atoms with van der Waals surface area (Å²) in [6.45, 7) is 2.82. The van der Waals surface area contributed by atoms with Crippen molar-refractivity contribution in [3.8, 4) is 0 Å². The van der Waals surface area contributed by atoms with Gasteiger partial charge in [-0.3, -0.25) is 9.48 Å². The van der Waals surface area contributed by atoms with Crippen LogP contribution in [0.15, 0.2) is 6.33 Å². The molecule has 0 aliphatic heterocycles. The zero-order valence-corrected chi connectivity index (χ0v) is 10.0. The Morgan fingerprint density at radius 3 is 2.88 bits per heavy atom. The van der Waals surface area contributed by atoms with E-state index in [2.05, 4.69) is 17.0 Å². The third-order valence-electron chi connectivity index (χ3n) is 2.74. The SMILES string of the molecule is CC(CCN)CCC(=O)Cc1ncnn1C. The zero-order valence-electron chi connectivity index (χ0n) is 10.0. The van der Waals surface area contributed by atoms with Gasteiger partial charge in [-0.25, -0.2) is 4.98 Å². The summed E-state index contributed by atoms with van der Waals surface area (Å²) in [6.07, 6.45) is 4.35. The van der Waals surface area contributed by atoms with E-state index in [1.54, 1.807) is 11.7 Å². The molecule has 1 aromatic heterocycles.